The first-order valence-electron chi connectivity index (χ1n) is 3.81. The minimum atomic E-state index is -0.209. The highest BCUT2D eigenvalue weighted by molar-refractivity contribution is 7.99. The van der Waals surface area contributed by atoms with Gasteiger partial charge in [-0.05, 0) is 6.92 Å². The largest absolute Gasteiger partial charge is 0.469 e. The van der Waals surface area contributed by atoms with E-state index in [1.54, 1.807) is 0 Å². The minimum Gasteiger partial charge on any atom is -0.469 e. The van der Waals surface area contributed by atoms with Gasteiger partial charge >= 0.3 is 5.97 Å². The van der Waals surface area contributed by atoms with Gasteiger partial charge < -0.3 is 4.74 Å². The molecule has 0 aliphatic rings. The summed E-state index contributed by atoms with van der Waals surface area (Å²) in [5, 5.41) is 7.30. The lowest BCUT2D eigenvalue weighted by Gasteiger charge is -1.95. The number of rotatable bonds is 4. The molecule has 0 bridgehead atoms. The van der Waals surface area contributed by atoms with E-state index in [1.165, 1.54) is 18.9 Å². The highest BCUT2D eigenvalue weighted by Gasteiger charge is 2.03. The van der Waals surface area contributed by atoms with Gasteiger partial charge in [-0.1, -0.05) is 11.8 Å². The summed E-state index contributed by atoms with van der Waals surface area (Å²) in [7, 11) is 1.38. The first-order valence-corrected chi connectivity index (χ1v) is 4.79. The van der Waals surface area contributed by atoms with Crippen molar-refractivity contribution in [2.75, 3.05) is 12.9 Å². The zero-order chi connectivity index (χ0) is 9.68. The maximum atomic E-state index is 10.7. The van der Waals surface area contributed by atoms with Crippen molar-refractivity contribution in [2.24, 2.45) is 0 Å². The molecule has 0 unspecified atom stereocenters. The SMILES string of the molecule is COC(=O)CCSc1n[nH]c(C)n1. The Balaban J connectivity index is 2.24. The average molecular weight is 201 g/mol. The van der Waals surface area contributed by atoms with Crippen LogP contribution in [0.2, 0.25) is 0 Å². The van der Waals surface area contributed by atoms with Gasteiger partial charge in [0.25, 0.3) is 0 Å². The van der Waals surface area contributed by atoms with Crippen LogP contribution in [0.5, 0.6) is 0 Å². The summed E-state index contributed by atoms with van der Waals surface area (Å²) < 4.78 is 4.49. The predicted octanol–water partition coefficient (Wildman–Crippen LogP) is 0.768. The van der Waals surface area contributed by atoms with Gasteiger partial charge in [0.1, 0.15) is 5.82 Å². The summed E-state index contributed by atoms with van der Waals surface area (Å²) in [4.78, 5) is 14.8. The van der Waals surface area contributed by atoms with Gasteiger partial charge in [-0.25, -0.2) is 4.98 Å². The number of hydrogen-bond donors (Lipinski definition) is 1. The van der Waals surface area contributed by atoms with E-state index in [4.69, 9.17) is 0 Å². The van der Waals surface area contributed by atoms with Gasteiger partial charge in [-0.3, -0.25) is 9.89 Å². The number of thioether (sulfide) groups is 1. The van der Waals surface area contributed by atoms with Crippen molar-refractivity contribution in [2.45, 2.75) is 18.5 Å². The summed E-state index contributed by atoms with van der Waals surface area (Å²) in [5.41, 5.74) is 0. The number of nitrogens with zero attached hydrogens (tertiary/aromatic N) is 2. The first-order chi connectivity index (χ1) is 6.22. The van der Waals surface area contributed by atoms with Crippen LogP contribution in [0.15, 0.2) is 5.16 Å². The van der Waals surface area contributed by atoms with E-state index in [2.05, 4.69) is 19.9 Å². The Labute approximate surface area is 80.3 Å². The summed E-state index contributed by atoms with van der Waals surface area (Å²) in [6.45, 7) is 1.83. The van der Waals surface area contributed by atoms with E-state index in [0.29, 0.717) is 17.3 Å². The van der Waals surface area contributed by atoms with Gasteiger partial charge in [0.05, 0.1) is 13.5 Å². The van der Waals surface area contributed by atoms with Crippen LogP contribution in [0.25, 0.3) is 0 Å². The lowest BCUT2D eigenvalue weighted by Crippen LogP contribution is -2.01. The molecule has 0 radical (unpaired) electrons. The van der Waals surface area contributed by atoms with Crippen molar-refractivity contribution in [1.82, 2.24) is 15.2 Å². The van der Waals surface area contributed by atoms with Crippen molar-refractivity contribution in [3.63, 3.8) is 0 Å². The number of carbonyl (C=O) groups is 1. The zero-order valence-electron chi connectivity index (χ0n) is 7.53. The van der Waals surface area contributed by atoms with Crippen molar-refractivity contribution in [3.05, 3.63) is 5.82 Å². The highest BCUT2D eigenvalue weighted by Crippen LogP contribution is 2.12. The number of hydrogen-bond acceptors (Lipinski definition) is 5. The molecule has 0 fully saturated rings. The Morgan fingerprint density at radius 1 is 1.69 bits per heavy atom. The zero-order valence-corrected chi connectivity index (χ0v) is 8.35. The van der Waals surface area contributed by atoms with E-state index in [9.17, 15) is 4.79 Å². The molecule has 0 atom stereocenters. The van der Waals surface area contributed by atoms with Gasteiger partial charge in [-0.15, -0.1) is 5.10 Å². The number of ether oxygens (including phenoxy) is 1. The number of carbonyl (C=O) groups excluding carboxylic acids is 1. The second kappa shape index (κ2) is 4.86. The third kappa shape index (κ3) is 3.45. The van der Waals surface area contributed by atoms with Crippen LogP contribution in [-0.2, 0) is 9.53 Å². The number of H-pyrrole nitrogens is 1. The Hall–Kier alpha value is -1.04. The molecule has 0 aliphatic carbocycles. The number of aryl methyl sites for hydroxylation is 1. The maximum absolute atomic E-state index is 10.7. The van der Waals surface area contributed by atoms with Crippen molar-refractivity contribution in [1.29, 1.82) is 0 Å². The fourth-order valence-electron chi connectivity index (χ4n) is 0.714. The average Bonchev–Trinajstić information content (AvgIpc) is 2.51. The standard InChI is InChI=1S/C7H11N3O2S/c1-5-8-7(10-9-5)13-4-3-6(11)12-2/h3-4H2,1-2H3,(H,8,9,10). The summed E-state index contributed by atoms with van der Waals surface area (Å²) in [5.74, 6) is 1.21. The molecule has 0 amide bonds. The fraction of sp³-hybridized carbons (Fsp3) is 0.571. The highest BCUT2D eigenvalue weighted by atomic mass is 32.2. The minimum absolute atomic E-state index is 0.209. The quantitative estimate of drug-likeness (QED) is 0.575. The lowest BCUT2D eigenvalue weighted by molar-refractivity contribution is -0.140. The smallest absolute Gasteiger partial charge is 0.306 e. The lowest BCUT2D eigenvalue weighted by atomic mass is 10.5. The Kier molecular flexibility index (Phi) is 3.75. The van der Waals surface area contributed by atoms with Crippen LogP contribution in [-0.4, -0.2) is 34.0 Å². The normalized spacial score (nSPS) is 10.0. The number of aromatic nitrogens is 3. The molecule has 1 aromatic heterocycles. The molecule has 0 saturated heterocycles. The molecule has 72 valence electrons. The van der Waals surface area contributed by atoms with Crippen LogP contribution in [0.1, 0.15) is 12.2 Å². The molecule has 0 saturated carbocycles. The molecule has 0 aromatic carbocycles. The Bertz CT molecular complexity index is 287. The van der Waals surface area contributed by atoms with Gasteiger partial charge in [0, 0.05) is 5.75 Å². The predicted molar refractivity (Wildman–Crippen MR) is 48.5 cm³/mol. The molecule has 1 N–H and O–H groups in total. The van der Waals surface area contributed by atoms with Gasteiger partial charge in [0.2, 0.25) is 5.16 Å². The molecule has 1 heterocycles. The topological polar surface area (TPSA) is 67.9 Å². The van der Waals surface area contributed by atoms with E-state index in [1.807, 2.05) is 6.92 Å². The maximum Gasteiger partial charge on any atom is 0.306 e. The molecular weight excluding hydrogens is 190 g/mol. The number of esters is 1. The molecule has 5 nitrogen and oxygen atoms in total. The van der Waals surface area contributed by atoms with E-state index < -0.39 is 0 Å². The van der Waals surface area contributed by atoms with Gasteiger partial charge in [0.15, 0.2) is 0 Å². The van der Waals surface area contributed by atoms with Crippen molar-refractivity contribution < 1.29 is 9.53 Å². The second-order valence-electron chi connectivity index (χ2n) is 2.38. The van der Waals surface area contributed by atoms with E-state index >= 15 is 0 Å². The molecule has 0 aliphatic heterocycles. The van der Waals surface area contributed by atoms with Crippen LogP contribution in [0.3, 0.4) is 0 Å². The first kappa shape index (κ1) is 10.0. The Morgan fingerprint density at radius 3 is 3.00 bits per heavy atom. The number of nitrogens with one attached hydrogen (secondary N) is 1. The molecule has 1 rings (SSSR count). The van der Waals surface area contributed by atoms with E-state index in [-0.39, 0.29) is 5.97 Å². The summed E-state index contributed by atoms with van der Waals surface area (Å²) in [6.07, 6.45) is 0.384. The van der Waals surface area contributed by atoms with Crippen LogP contribution < -0.4 is 0 Å². The third-order valence-electron chi connectivity index (χ3n) is 1.34. The van der Waals surface area contributed by atoms with Crippen molar-refractivity contribution in [3.8, 4) is 0 Å². The molecule has 1 aromatic rings. The fourth-order valence-corrected chi connectivity index (χ4v) is 1.48. The monoisotopic (exact) mass is 201 g/mol. The Morgan fingerprint density at radius 2 is 2.46 bits per heavy atom. The van der Waals surface area contributed by atoms with Gasteiger partial charge in [-0.2, -0.15) is 0 Å². The van der Waals surface area contributed by atoms with Crippen LogP contribution in [0, 0.1) is 6.92 Å². The van der Waals surface area contributed by atoms with Crippen LogP contribution >= 0.6 is 11.8 Å². The second-order valence-corrected chi connectivity index (χ2v) is 3.44. The van der Waals surface area contributed by atoms with E-state index in [0.717, 1.165) is 5.82 Å². The number of methoxy groups -OCH3 is 1. The number of aromatic amines is 1. The third-order valence-corrected chi connectivity index (χ3v) is 2.19. The summed E-state index contributed by atoms with van der Waals surface area (Å²) in [6, 6.07) is 0. The van der Waals surface area contributed by atoms with Crippen LogP contribution in [0.4, 0.5) is 0 Å². The molecule has 13 heavy (non-hydrogen) atoms. The molecular formula is C7H11N3O2S. The molecule has 0 spiro atoms. The van der Waals surface area contributed by atoms with Crippen molar-refractivity contribution >= 4 is 17.7 Å². The summed E-state index contributed by atoms with van der Waals surface area (Å²) >= 11 is 1.43. The molecule has 6 heteroatoms.